The Labute approximate surface area is 132 Å². The third-order valence-corrected chi connectivity index (χ3v) is 3.98. The van der Waals surface area contributed by atoms with Crippen LogP contribution in [0.3, 0.4) is 0 Å². The lowest BCUT2D eigenvalue weighted by Gasteiger charge is -2.15. The summed E-state index contributed by atoms with van der Waals surface area (Å²) in [5.74, 6) is -0.686. The van der Waals surface area contributed by atoms with Crippen molar-refractivity contribution in [3.8, 4) is 5.75 Å². The van der Waals surface area contributed by atoms with Crippen molar-refractivity contribution in [3.05, 3.63) is 42.0 Å². The van der Waals surface area contributed by atoms with Crippen molar-refractivity contribution < 1.29 is 23.1 Å². The maximum Gasteiger partial charge on any atom is 0.335 e. The summed E-state index contributed by atoms with van der Waals surface area (Å²) in [4.78, 5) is 10.6. The summed E-state index contributed by atoms with van der Waals surface area (Å²) in [6, 6.07) is 8.75. The van der Waals surface area contributed by atoms with Crippen molar-refractivity contribution in [2.45, 2.75) is 4.90 Å². The first-order valence-electron chi connectivity index (χ1n) is 6.33. The Morgan fingerprint density at radius 3 is 2.30 bits per heavy atom. The molecule has 8 nitrogen and oxygen atoms in total. The van der Waals surface area contributed by atoms with E-state index in [1.165, 1.54) is 7.11 Å². The molecule has 0 fully saturated rings. The third kappa shape index (κ3) is 3.71. The largest absolute Gasteiger partial charge is 0.497 e. The summed E-state index contributed by atoms with van der Waals surface area (Å²) >= 11 is 0. The van der Waals surface area contributed by atoms with Gasteiger partial charge in [-0.25, -0.2) is 18.4 Å². The van der Waals surface area contributed by atoms with Crippen LogP contribution in [0.4, 0.5) is 17.1 Å². The van der Waals surface area contributed by atoms with Crippen LogP contribution < -0.4 is 20.9 Å². The summed E-state index contributed by atoms with van der Waals surface area (Å²) in [7, 11) is -2.66. The van der Waals surface area contributed by atoms with Crippen LogP contribution in [-0.2, 0) is 10.0 Å². The standard InChI is InChI=1S/C14H15N3O5S/c1-22-10-4-2-9(3-5-10)17-13-11(15)6-8(14(18)19)7-12(13)23(16,20)21/h2-7,17H,15H2,1H3,(H,18,19)(H2,16,20,21). The highest BCUT2D eigenvalue weighted by Gasteiger charge is 2.20. The molecule has 0 aliphatic rings. The lowest BCUT2D eigenvalue weighted by atomic mass is 10.1. The van der Waals surface area contributed by atoms with Crippen LogP contribution in [0.1, 0.15) is 10.4 Å². The van der Waals surface area contributed by atoms with Crippen molar-refractivity contribution in [2.24, 2.45) is 5.14 Å². The van der Waals surface area contributed by atoms with E-state index in [2.05, 4.69) is 5.32 Å². The number of carbonyl (C=O) groups is 1. The molecule has 0 heterocycles. The number of anilines is 3. The number of aromatic carboxylic acids is 1. The van der Waals surface area contributed by atoms with Crippen molar-refractivity contribution in [1.82, 2.24) is 0 Å². The van der Waals surface area contributed by atoms with Crippen LogP contribution >= 0.6 is 0 Å². The van der Waals surface area contributed by atoms with Gasteiger partial charge in [0.25, 0.3) is 0 Å². The fourth-order valence-electron chi connectivity index (χ4n) is 1.94. The van der Waals surface area contributed by atoms with E-state index in [9.17, 15) is 13.2 Å². The molecule has 0 amide bonds. The summed E-state index contributed by atoms with van der Waals surface area (Å²) in [5.41, 5.74) is 6.02. The zero-order valence-electron chi connectivity index (χ0n) is 12.1. The number of carboxylic acid groups (broad SMARTS) is 1. The lowest BCUT2D eigenvalue weighted by Crippen LogP contribution is -2.16. The van der Waals surface area contributed by atoms with E-state index in [4.69, 9.17) is 20.7 Å². The zero-order chi connectivity index (χ0) is 17.2. The summed E-state index contributed by atoms with van der Waals surface area (Å²) < 4.78 is 28.5. The monoisotopic (exact) mass is 337 g/mol. The quantitative estimate of drug-likeness (QED) is 0.603. The number of methoxy groups -OCH3 is 1. The summed E-state index contributed by atoms with van der Waals surface area (Å²) in [6.07, 6.45) is 0. The number of rotatable bonds is 5. The molecule has 2 rings (SSSR count). The van der Waals surface area contributed by atoms with Crippen LogP contribution in [0, 0.1) is 0 Å². The Balaban J connectivity index is 2.54. The Morgan fingerprint density at radius 2 is 1.83 bits per heavy atom. The van der Waals surface area contributed by atoms with Crippen LogP contribution in [0.2, 0.25) is 0 Å². The SMILES string of the molecule is COc1ccc(Nc2c(N)cc(C(=O)O)cc2S(N)(=O)=O)cc1. The number of sulfonamides is 1. The number of nitrogens with one attached hydrogen (secondary N) is 1. The maximum atomic E-state index is 11.7. The van der Waals surface area contributed by atoms with Gasteiger partial charge in [0.2, 0.25) is 10.0 Å². The Hall–Kier alpha value is -2.78. The molecule has 9 heteroatoms. The Kier molecular flexibility index (Phi) is 4.43. The second-order valence-electron chi connectivity index (χ2n) is 4.64. The van der Waals surface area contributed by atoms with Gasteiger partial charge in [-0.05, 0) is 36.4 Å². The summed E-state index contributed by atoms with van der Waals surface area (Å²) in [6.45, 7) is 0. The van der Waals surface area contributed by atoms with E-state index in [-0.39, 0.29) is 16.9 Å². The second kappa shape index (κ2) is 6.15. The molecule has 0 saturated heterocycles. The van der Waals surface area contributed by atoms with Crippen LogP contribution in [0.15, 0.2) is 41.3 Å². The first kappa shape index (κ1) is 16.6. The number of hydrogen-bond acceptors (Lipinski definition) is 6. The smallest absolute Gasteiger partial charge is 0.335 e. The van der Waals surface area contributed by atoms with E-state index in [1.807, 2.05) is 0 Å². The lowest BCUT2D eigenvalue weighted by molar-refractivity contribution is 0.0696. The number of benzene rings is 2. The van der Waals surface area contributed by atoms with E-state index in [0.717, 1.165) is 12.1 Å². The van der Waals surface area contributed by atoms with Crippen LogP contribution in [-0.4, -0.2) is 26.6 Å². The molecule has 0 atom stereocenters. The molecule has 0 unspecified atom stereocenters. The zero-order valence-corrected chi connectivity index (χ0v) is 12.9. The molecule has 2 aromatic carbocycles. The van der Waals surface area contributed by atoms with Crippen LogP contribution in [0.5, 0.6) is 5.75 Å². The molecule has 0 saturated carbocycles. The Morgan fingerprint density at radius 1 is 1.22 bits per heavy atom. The fourth-order valence-corrected chi connectivity index (χ4v) is 2.68. The molecule has 2 aromatic rings. The molecular formula is C14H15N3O5S. The Bertz CT molecular complexity index is 847. The van der Waals surface area contributed by atoms with E-state index < -0.39 is 20.9 Å². The highest BCUT2D eigenvalue weighted by molar-refractivity contribution is 7.89. The molecule has 0 aromatic heterocycles. The third-order valence-electron chi connectivity index (χ3n) is 3.05. The van der Waals surface area contributed by atoms with Crippen molar-refractivity contribution in [1.29, 1.82) is 0 Å². The number of primary sulfonamides is 1. The van der Waals surface area contributed by atoms with E-state index >= 15 is 0 Å². The van der Waals surface area contributed by atoms with Gasteiger partial charge in [0.1, 0.15) is 10.6 Å². The predicted molar refractivity (Wildman–Crippen MR) is 85.5 cm³/mol. The predicted octanol–water partition coefficient (Wildman–Crippen LogP) is 1.37. The molecule has 6 N–H and O–H groups in total. The van der Waals surface area contributed by atoms with Gasteiger partial charge in [-0.1, -0.05) is 0 Å². The van der Waals surface area contributed by atoms with Crippen LogP contribution in [0.25, 0.3) is 0 Å². The highest BCUT2D eigenvalue weighted by atomic mass is 32.2. The number of carboxylic acids is 1. The number of hydrogen-bond donors (Lipinski definition) is 4. The van der Waals surface area contributed by atoms with E-state index in [0.29, 0.717) is 11.4 Å². The van der Waals surface area contributed by atoms with Crippen molar-refractivity contribution in [3.63, 3.8) is 0 Å². The molecule has 0 aliphatic heterocycles. The maximum absolute atomic E-state index is 11.7. The number of nitrogens with two attached hydrogens (primary N) is 2. The first-order chi connectivity index (χ1) is 10.7. The van der Waals surface area contributed by atoms with Crippen molar-refractivity contribution in [2.75, 3.05) is 18.2 Å². The average molecular weight is 337 g/mol. The van der Waals surface area contributed by atoms with Gasteiger partial charge in [0.15, 0.2) is 0 Å². The molecule has 0 bridgehead atoms. The van der Waals surface area contributed by atoms with Gasteiger partial charge < -0.3 is 20.9 Å². The minimum atomic E-state index is -4.18. The van der Waals surface area contributed by atoms with Gasteiger partial charge in [-0.3, -0.25) is 0 Å². The normalized spacial score (nSPS) is 11.0. The number of nitrogen functional groups attached to an aromatic ring is 1. The van der Waals surface area contributed by atoms with Gasteiger partial charge in [-0.15, -0.1) is 0 Å². The minimum Gasteiger partial charge on any atom is -0.497 e. The minimum absolute atomic E-state index is 0.0164. The second-order valence-corrected chi connectivity index (χ2v) is 6.17. The first-order valence-corrected chi connectivity index (χ1v) is 7.87. The van der Waals surface area contributed by atoms with Gasteiger partial charge >= 0.3 is 5.97 Å². The number of ether oxygens (including phenoxy) is 1. The van der Waals surface area contributed by atoms with Gasteiger partial charge in [0.05, 0.1) is 24.0 Å². The molecule has 23 heavy (non-hydrogen) atoms. The molecule has 0 spiro atoms. The highest BCUT2D eigenvalue weighted by Crippen LogP contribution is 2.32. The topological polar surface area (TPSA) is 145 Å². The fraction of sp³-hybridized carbons (Fsp3) is 0.0714. The molecule has 0 aliphatic carbocycles. The van der Waals surface area contributed by atoms with E-state index in [1.54, 1.807) is 24.3 Å². The average Bonchev–Trinajstić information content (AvgIpc) is 2.48. The van der Waals surface area contributed by atoms with Gasteiger partial charge in [0, 0.05) is 5.69 Å². The molecular weight excluding hydrogens is 322 g/mol. The van der Waals surface area contributed by atoms with Crippen molar-refractivity contribution >= 4 is 33.1 Å². The molecule has 122 valence electrons. The summed E-state index contributed by atoms with van der Waals surface area (Å²) in [5, 5.41) is 17.0. The molecule has 0 radical (unpaired) electrons. The van der Waals surface area contributed by atoms with Gasteiger partial charge in [-0.2, -0.15) is 0 Å².